The van der Waals surface area contributed by atoms with Crippen molar-refractivity contribution in [3.05, 3.63) is 22.4 Å². The van der Waals surface area contributed by atoms with Gasteiger partial charge in [0, 0.05) is 18.0 Å². The standard InChI is InChI=1S/C11H19NO2S/c1-13-6-7-14-9-10(12)4-5-11-3-2-8-15-11/h2-3,8,10H,4-7,9,12H2,1H3. The Morgan fingerprint density at radius 3 is 3.00 bits per heavy atom. The van der Waals surface area contributed by atoms with Crippen LogP contribution in [0.5, 0.6) is 0 Å². The zero-order valence-electron chi connectivity index (χ0n) is 9.15. The van der Waals surface area contributed by atoms with Gasteiger partial charge in [-0.25, -0.2) is 0 Å². The van der Waals surface area contributed by atoms with Crippen LogP contribution < -0.4 is 5.73 Å². The smallest absolute Gasteiger partial charge is 0.0701 e. The number of rotatable bonds is 8. The molecule has 0 saturated heterocycles. The van der Waals surface area contributed by atoms with E-state index in [9.17, 15) is 0 Å². The van der Waals surface area contributed by atoms with Crippen molar-refractivity contribution in [1.82, 2.24) is 0 Å². The molecule has 0 aliphatic carbocycles. The first kappa shape index (κ1) is 12.6. The quantitative estimate of drug-likeness (QED) is 0.690. The highest BCUT2D eigenvalue weighted by atomic mass is 32.1. The molecule has 1 atom stereocenters. The maximum absolute atomic E-state index is 5.91. The molecule has 1 aromatic rings. The van der Waals surface area contributed by atoms with Gasteiger partial charge in [0.25, 0.3) is 0 Å². The highest BCUT2D eigenvalue weighted by Gasteiger charge is 2.03. The van der Waals surface area contributed by atoms with E-state index in [0.29, 0.717) is 19.8 Å². The van der Waals surface area contributed by atoms with Crippen LogP contribution in [0.2, 0.25) is 0 Å². The second-order valence-electron chi connectivity index (χ2n) is 3.45. The first-order chi connectivity index (χ1) is 7.33. The zero-order valence-corrected chi connectivity index (χ0v) is 9.96. The summed E-state index contributed by atoms with van der Waals surface area (Å²) in [5, 5.41) is 2.09. The Morgan fingerprint density at radius 1 is 1.47 bits per heavy atom. The van der Waals surface area contributed by atoms with Crippen molar-refractivity contribution in [2.45, 2.75) is 18.9 Å². The summed E-state index contributed by atoms with van der Waals surface area (Å²) in [5.74, 6) is 0. The molecule has 2 N–H and O–H groups in total. The molecule has 1 unspecified atom stereocenters. The molecule has 1 aromatic heterocycles. The summed E-state index contributed by atoms with van der Waals surface area (Å²) in [4.78, 5) is 1.39. The van der Waals surface area contributed by atoms with Crippen LogP contribution in [-0.2, 0) is 15.9 Å². The summed E-state index contributed by atoms with van der Waals surface area (Å²) in [5.41, 5.74) is 5.91. The van der Waals surface area contributed by atoms with Gasteiger partial charge >= 0.3 is 0 Å². The van der Waals surface area contributed by atoms with Gasteiger partial charge in [-0.3, -0.25) is 0 Å². The Hall–Kier alpha value is -0.420. The van der Waals surface area contributed by atoms with E-state index in [1.807, 2.05) is 0 Å². The van der Waals surface area contributed by atoms with Gasteiger partial charge in [-0.15, -0.1) is 11.3 Å². The van der Waals surface area contributed by atoms with E-state index < -0.39 is 0 Å². The maximum Gasteiger partial charge on any atom is 0.0701 e. The van der Waals surface area contributed by atoms with Gasteiger partial charge < -0.3 is 15.2 Å². The van der Waals surface area contributed by atoms with Crippen molar-refractivity contribution >= 4 is 11.3 Å². The molecule has 0 saturated carbocycles. The molecular weight excluding hydrogens is 210 g/mol. The van der Waals surface area contributed by atoms with Gasteiger partial charge in [-0.2, -0.15) is 0 Å². The minimum Gasteiger partial charge on any atom is -0.382 e. The van der Waals surface area contributed by atoms with Crippen LogP contribution in [-0.4, -0.2) is 33.0 Å². The van der Waals surface area contributed by atoms with Gasteiger partial charge in [0.1, 0.15) is 0 Å². The molecular formula is C11H19NO2S. The van der Waals surface area contributed by atoms with Crippen LogP contribution in [0.1, 0.15) is 11.3 Å². The molecule has 0 aliphatic rings. The molecule has 0 spiro atoms. The second kappa shape index (κ2) is 7.82. The molecule has 1 heterocycles. The average molecular weight is 229 g/mol. The van der Waals surface area contributed by atoms with E-state index >= 15 is 0 Å². The molecule has 86 valence electrons. The Morgan fingerprint density at radius 2 is 2.33 bits per heavy atom. The van der Waals surface area contributed by atoms with Crippen LogP contribution in [0, 0.1) is 0 Å². The fourth-order valence-corrected chi connectivity index (χ4v) is 1.97. The molecule has 0 aromatic carbocycles. The van der Waals surface area contributed by atoms with Crippen LogP contribution >= 0.6 is 11.3 Å². The lowest BCUT2D eigenvalue weighted by atomic mass is 10.1. The predicted molar refractivity (Wildman–Crippen MR) is 63.3 cm³/mol. The normalized spacial score (nSPS) is 12.9. The van der Waals surface area contributed by atoms with Gasteiger partial charge in [-0.05, 0) is 24.3 Å². The van der Waals surface area contributed by atoms with Crippen molar-refractivity contribution in [1.29, 1.82) is 0 Å². The lowest BCUT2D eigenvalue weighted by molar-refractivity contribution is 0.0627. The third-order valence-electron chi connectivity index (χ3n) is 2.11. The molecule has 4 heteroatoms. The van der Waals surface area contributed by atoms with Gasteiger partial charge in [-0.1, -0.05) is 6.07 Å². The maximum atomic E-state index is 5.91. The van der Waals surface area contributed by atoms with E-state index in [0.717, 1.165) is 12.8 Å². The van der Waals surface area contributed by atoms with Crippen molar-refractivity contribution in [2.75, 3.05) is 26.9 Å². The van der Waals surface area contributed by atoms with Crippen molar-refractivity contribution in [2.24, 2.45) is 5.73 Å². The molecule has 0 radical (unpaired) electrons. The first-order valence-electron chi connectivity index (χ1n) is 5.17. The lowest BCUT2D eigenvalue weighted by Crippen LogP contribution is -2.27. The molecule has 0 bridgehead atoms. The van der Waals surface area contributed by atoms with Crippen LogP contribution in [0.3, 0.4) is 0 Å². The van der Waals surface area contributed by atoms with Crippen molar-refractivity contribution < 1.29 is 9.47 Å². The molecule has 1 rings (SSSR count). The lowest BCUT2D eigenvalue weighted by Gasteiger charge is -2.11. The van der Waals surface area contributed by atoms with Crippen molar-refractivity contribution in [3.8, 4) is 0 Å². The Balaban J connectivity index is 2.01. The number of nitrogens with two attached hydrogens (primary N) is 1. The van der Waals surface area contributed by atoms with Gasteiger partial charge in [0.05, 0.1) is 19.8 Å². The highest BCUT2D eigenvalue weighted by Crippen LogP contribution is 2.11. The van der Waals surface area contributed by atoms with Crippen LogP contribution in [0.25, 0.3) is 0 Å². The fourth-order valence-electron chi connectivity index (χ4n) is 1.24. The molecule has 0 fully saturated rings. The number of thiophene rings is 1. The first-order valence-corrected chi connectivity index (χ1v) is 6.05. The number of aryl methyl sites for hydroxylation is 1. The summed E-state index contributed by atoms with van der Waals surface area (Å²) in [6.07, 6.45) is 2.03. The van der Waals surface area contributed by atoms with Crippen LogP contribution in [0.4, 0.5) is 0 Å². The minimum atomic E-state index is 0.129. The summed E-state index contributed by atoms with van der Waals surface area (Å²) in [6, 6.07) is 4.34. The van der Waals surface area contributed by atoms with E-state index in [2.05, 4.69) is 17.5 Å². The molecule has 15 heavy (non-hydrogen) atoms. The number of hydrogen-bond acceptors (Lipinski definition) is 4. The third-order valence-corrected chi connectivity index (χ3v) is 3.04. The second-order valence-corrected chi connectivity index (χ2v) is 4.48. The van der Waals surface area contributed by atoms with Gasteiger partial charge in [0.2, 0.25) is 0 Å². The van der Waals surface area contributed by atoms with Crippen LogP contribution in [0.15, 0.2) is 17.5 Å². The van der Waals surface area contributed by atoms with Gasteiger partial charge in [0.15, 0.2) is 0 Å². The average Bonchev–Trinajstić information content (AvgIpc) is 2.74. The minimum absolute atomic E-state index is 0.129. The summed E-state index contributed by atoms with van der Waals surface area (Å²) in [7, 11) is 1.67. The van der Waals surface area contributed by atoms with Crippen molar-refractivity contribution in [3.63, 3.8) is 0 Å². The monoisotopic (exact) mass is 229 g/mol. The largest absolute Gasteiger partial charge is 0.382 e. The number of ether oxygens (including phenoxy) is 2. The molecule has 0 aliphatic heterocycles. The summed E-state index contributed by atoms with van der Waals surface area (Å²) in [6.45, 7) is 1.88. The number of methoxy groups -OCH3 is 1. The molecule has 0 amide bonds. The van der Waals surface area contributed by atoms with E-state index in [1.165, 1.54) is 4.88 Å². The molecule has 3 nitrogen and oxygen atoms in total. The third kappa shape index (κ3) is 5.89. The topological polar surface area (TPSA) is 44.5 Å². The van der Waals surface area contributed by atoms with E-state index in [4.69, 9.17) is 15.2 Å². The SMILES string of the molecule is COCCOCC(N)CCc1cccs1. The van der Waals surface area contributed by atoms with E-state index in [-0.39, 0.29) is 6.04 Å². The highest BCUT2D eigenvalue weighted by molar-refractivity contribution is 7.09. The van der Waals surface area contributed by atoms with E-state index in [1.54, 1.807) is 18.4 Å². The Kier molecular flexibility index (Phi) is 6.59. The number of hydrogen-bond donors (Lipinski definition) is 1. The fraction of sp³-hybridized carbons (Fsp3) is 0.636. The summed E-state index contributed by atoms with van der Waals surface area (Å²) < 4.78 is 10.2. The predicted octanol–water partition coefficient (Wildman–Crippen LogP) is 1.67. The summed E-state index contributed by atoms with van der Waals surface area (Å²) >= 11 is 1.78. The Bertz CT molecular complexity index is 239. The Labute approximate surface area is 95.2 Å². The zero-order chi connectivity index (χ0) is 10.9.